The van der Waals surface area contributed by atoms with Gasteiger partial charge in [0, 0.05) is 17.8 Å². The first-order valence-corrected chi connectivity index (χ1v) is 9.81. The van der Waals surface area contributed by atoms with Crippen molar-refractivity contribution in [1.29, 1.82) is 0 Å². The minimum Gasteiger partial charge on any atom is -0.496 e. The molecule has 2 aliphatic heterocycles. The topological polar surface area (TPSA) is 96.0 Å². The Labute approximate surface area is 146 Å². The minimum atomic E-state index is -3.42. The quantitative estimate of drug-likeness (QED) is 0.767. The SMILES string of the molecule is CCS(=O)(=O)Nc1ccc(OC)c(CN2C(=O)C3CCCN3C2=O)c1. The molecule has 3 rings (SSSR count). The molecule has 0 aliphatic carbocycles. The van der Waals surface area contributed by atoms with Crippen LogP contribution in [0.1, 0.15) is 25.3 Å². The largest absolute Gasteiger partial charge is 0.496 e. The molecule has 1 N–H and O–H groups in total. The first-order chi connectivity index (χ1) is 11.9. The Bertz CT molecular complexity index is 786. The third kappa shape index (κ3) is 3.28. The molecule has 0 aromatic heterocycles. The van der Waals surface area contributed by atoms with Gasteiger partial charge in [0.05, 0.1) is 19.4 Å². The zero-order valence-electron chi connectivity index (χ0n) is 14.2. The van der Waals surface area contributed by atoms with Crippen LogP contribution in [0.5, 0.6) is 5.75 Å². The van der Waals surface area contributed by atoms with Crippen molar-refractivity contribution in [2.75, 3.05) is 24.1 Å². The van der Waals surface area contributed by atoms with Crippen LogP contribution in [-0.2, 0) is 21.4 Å². The molecule has 136 valence electrons. The summed E-state index contributed by atoms with van der Waals surface area (Å²) in [7, 11) is -1.93. The lowest BCUT2D eigenvalue weighted by atomic mass is 10.1. The van der Waals surface area contributed by atoms with Crippen molar-refractivity contribution in [3.8, 4) is 5.75 Å². The summed E-state index contributed by atoms with van der Waals surface area (Å²) in [6.45, 7) is 2.19. The molecule has 0 spiro atoms. The third-order valence-corrected chi connectivity index (χ3v) is 5.85. The van der Waals surface area contributed by atoms with E-state index < -0.39 is 10.0 Å². The highest BCUT2D eigenvalue weighted by molar-refractivity contribution is 7.92. The average Bonchev–Trinajstić information content (AvgIpc) is 3.15. The van der Waals surface area contributed by atoms with Crippen LogP contribution in [0.4, 0.5) is 10.5 Å². The van der Waals surface area contributed by atoms with Crippen LogP contribution in [-0.4, -0.2) is 55.6 Å². The fourth-order valence-corrected chi connectivity index (χ4v) is 3.85. The monoisotopic (exact) mass is 367 g/mol. The van der Waals surface area contributed by atoms with E-state index in [1.807, 2.05) is 0 Å². The van der Waals surface area contributed by atoms with E-state index in [-0.39, 0.29) is 30.3 Å². The van der Waals surface area contributed by atoms with Crippen LogP contribution in [0.2, 0.25) is 0 Å². The van der Waals surface area contributed by atoms with E-state index in [1.165, 1.54) is 12.0 Å². The van der Waals surface area contributed by atoms with Crippen molar-refractivity contribution in [2.24, 2.45) is 0 Å². The average molecular weight is 367 g/mol. The minimum absolute atomic E-state index is 0.0475. The number of sulfonamides is 1. The lowest BCUT2D eigenvalue weighted by molar-refractivity contribution is -0.128. The van der Waals surface area contributed by atoms with Gasteiger partial charge in [-0.2, -0.15) is 0 Å². The van der Waals surface area contributed by atoms with Crippen molar-refractivity contribution in [3.05, 3.63) is 23.8 Å². The fourth-order valence-electron chi connectivity index (χ4n) is 3.21. The summed E-state index contributed by atoms with van der Waals surface area (Å²) < 4.78 is 31.3. The zero-order chi connectivity index (χ0) is 18.2. The number of rotatable bonds is 6. The van der Waals surface area contributed by atoms with Crippen molar-refractivity contribution < 1.29 is 22.7 Å². The van der Waals surface area contributed by atoms with Crippen LogP contribution in [0.3, 0.4) is 0 Å². The number of urea groups is 1. The summed E-state index contributed by atoms with van der Waals surface area (Å²) in [4.78, 5) is 27.7. The van der Waals surface area contributed by atoms with Gasteiger partial charge in [0.25, 0.3) is 5.91 Å². The van der Waals surface area contributed by atoms with Crippen molar-refractivity contribution >= 4 is 27.6 Å². The summed E-state index contributed by atoms with van der Waals surface area (Å²) in [5.41, 5.74) is 0.943. The molecule has 2 saturated heterocycles. The Morgan fingerprint density at radius 1 is 1.32 bits per heavy atom. The van der Waals surface area contributed by atoms with E-state index in [9.17, 15) is 18.0 Å². The molecule has 0 saturated carbocycles. The fraction of sp³-hybridized carbons (Fsp3) is 0.500. The number of anilines is 1. The second-order valence-corrected chi connectivity index (χ2v) is 8.10. The summed E-state index contributed by atoms with van der Waals surface area (Å²) in [6, 6.07) is 4.14. The van der Waals surface area contributed by atoms with Gasteiger partial charge in [0.2, 0.25) is 10.0 Å². The summed E-state index contributed by atoms with van der Waals surface area (Å²) in [5.74, 6) is 0.241. The molecule has 25 heavy (non-hydrogen) atoms. The van der Waals surface area contributed by atoms with Gasteiger partial charge >= 0.3 is 6.03 Å². The van der Waals surface area contributed by atoms with Gasteiger partial charge in [-0.05, 0) is 38.0 Å². The number of amides is 3. The van der Waals surface area contributed by atoms with Crippen LogP contribution in [0, 0.1) is 0 Å². The number of ether oxygens (including phenoxy) is 1. The highest BCUT2D eigenvalue weighted by Gasteiger charge is 2.47. The molecule has 1 unspecified atom stereocenters. The number of nitrogens with one attached hydrogen (secondary N) is 1. The number of methoxy groups -OCH3 is 1. The Morgan fingerprint density at radius 2 is 2.08 bits per heavy atom. The highest BCUT2D eigenvalue weighted by Crippen LogP contribution is 2.31. The van der Waals surface area contributed by atoms with Crippen LogP contribution >= 0.6 is 0 Å². The van der Waals surface area contributed by atoms with E-state index in [2.05, 4.69) is 4.72 Å². The molecule has 0 radical (unpaired) electrons. The van der Waals surface area contributed by atoms with E-state index >= 15 is 0 Å². The van der Waals surface area contributed by atoms with Gasteiger partial charge in [-0.3, -0.25) is 14.4 Å². The number of fused-ring (bicyclic) bond motifs is 1. The summed E-state index contributed by atoms with van der Waals surface area (Å²) in [6.07, 6.45) is 1.53. The van der Waals surface area contributed by atoms with Gasteiger partial charge in [-0.1, -0.05) is 0 Å². The standard InChI is InChI=1S/C16H21N3O5S/c1-3-25(22,23)17-12-6-7-14(24-2)11(9-12)10-19-15(20)13-5-4-8-18(13)16(19)21/h6-7,9,13,17H,3-5,8,10H2,1-2H3. The number of imide groups is 1. The predicted octanol–water partition coefficient (Wildman–Crippen LogP) is 1.38. The molecular weight excluding hydrogens is 346 g/mol. The Morgan fingerprint density at radius 3 is 2.72 bits per heavy atom. The molecule has 9 heteroatoms. The molecule has 0 bridgehead atoms. The van der Waals surface area contributed by atoms with Crippen LogP contribution in [0.15, 0.2) is 18.2 Å². The van der Waals surface area contributed by atoms with E-state index in [0.29, 0.717) is 30.0 Å². The molecule has 1 aromatic carbocycles. The van der Waals surface area contributed by atoms with Crippen LogP contribution in [0.25, 0.3) is 0 Å². The molecule has 8 nitrogen and oxygen atoms in total. The van der Waals surface area contributed by atoms with Gasteiger partial charge in [-0.15, -0.1) is 0 Å². The Balaban J connectivity index is 1.86. The number of hydrogen-bond donors (Lipinski definition) is 1. The molecule has 3 amide bonds. The Kier molecular flexibility index (Phi) is 4.59. The number of carbonyl (C=O) groups is 2. The van der Waals surface area contributed by atoms with E-state index in [0.717, 1.165) is 6.42 Å². The second kappa shape index (κ2) is 6.55. The van der Waals surface area contributed by atoms with Crippen molar-refractivity contribution in [1.82, 2.24) is 9.80 Å². The molecule has 2 fully saturated rings. The van der Waals surface area contributed by atoms with Crippen molar-refractivity contribution in [3.63, 3.8) is 0 Å². The van der Waals surface area contributed by atoms with Crippen molar-refractivity contribution in [2.45, 2.75) is 32.4 Å². The molecule has 1 atom stereocenters. The smallest absolute Gasteiger partial charge is 0.327 e. The van der Waals surface area contributed by atoms with Crippen LogP contribution < -0.4 is 9.46 Å². The highest BCUT2D eigenvalue weighted by atomic mass is 32.2. The first-order valence-electron chi connectivity index (χ1n) is 8.15. The maximum absolute atomic E-state index is 12.5. The number of nitrogens with zero attached hydrogens (tertiary/aromatic N) is 2. The molecule has 2 aliphatic rings. The number of benzene rings is 1. The van der Waals surface area contributed by atoms with Gasteiger partial charge in [-0.25, -0.2) is 13.2 Å². The normalized spacial score (nSPS) is 20.2. The molecule has 2 heterocycles. The van der Waals surface area contributed by atoms with Gasteiger partial charge < -0.3 is 9.64 Å². The van der Waals surface area contributed by atoms with Gasteiger partial charge in [0.15, 0.2) is 0 Å². The number of carbonyl (C=O) groups excluding carboxylic acids is 2. The number of hydrogen-bond acceptors (Lipinski definition) is 5. The molecule has 1 aromatic rings. The van der Waals surface area contributed by atoms with E-state index in [4.69, 9.17) is 4.74 Å². The maximum atomic E-state index is 12.5. The third-order valence-electron chi connectivity index (χ3n) is 4.54. The predicted molar refractivity (Wildman–Crippen MR) is 91.8 cm³/mol. The first kappa shape index (κ1) is 17.5. The summed E-state index contributed by atoms with van der Waals surface area (Å²) in [5, 5.41) is 0. The second-order valence-electron chi connectivity index (χ2n) is 6.09. The van der Waals surface area contributed by atoms with E-state index in [1.54, 1.807) is 30.0 Å². The summed E-state index contributed by atoms with van der Waals surface area (Å²) >= 11 is 0. The van der Waals surface area contributed by atoms with Gasteiger partial charge in [0.1, 0.15) is 11.8 Å². The Hall–Kier alpha value is -2.29. The maximum Gasteiger partial charge on any atom is 0.327 e. The lowest BCUT2D eigenvalue weighted by Gasteiger charge is -2.18. The zero-order valence-corrected chi connectivity index (χ0v) is 15.0. The molecular formula is C16H21N3O5S. The lowest BCUT2D eigenvalue weighted by Crippen LogP contribution is -2.32.